The molecule has 0 amide bonds. The van der Waals surface area contributed by atoms with E-state index in [9.17, 15) is 0 Å². The van der Waals surface area contributed by atoms with Gasteiger partial charge in [0.15, 0.2) is 0 Å². The molecule has 0 atom stereocenters. The van der Waals surface area contributed by atoms with Crippen LogP contribution in [0.15, 0.2) is 24.3 Å². The summed E-state index contributed by atoms with van der Waals surface area (Å²) in [4.78, 5) is 0. The van der Waals surface area contributed by atoms with Gasteiger partial charge in [0.1, 0.15) is 0 Å². The van der Waals surface area contributed by atoms with Crippen molar-refractivity contribution in [3.8, 4) is 0 Å². The molecule has 60 valence electrons. The Bertz CT molecular complexity index is 250. The molecule has 0 radical (unpaired) electrons. The molecule has 1 aromatic carbocycles. The summed E-state index contributed by atoms with van der Waals surface area (Å²) in [6.07, 6.45) is 0. The molecule has 0 aliphatic carbocycles. The first-order valence-electron chi connectivity index (χ1n) is 3.76. The Morgan fingerprint density at radius 1 is 1.18 bits per heavy atom. The van der Waals surface area contributed by atoms with Gasteiger partial charge in [0.2, 0.25) is 0 Å². The minimum absolute atomic E-state index is 0.864. The second-order valence-electron chi connectivity index (χ2n) is 3.76. The Balaban J connectivity index is 3.06. The molecule has 0 saturated carbocycles. The maximum absolute atomic E-state index is 5.88. The van der Waals surface area contributed by atoms with Crippen LogP contribution >= 0.6 is 11.6 Å². The van der Waals surface area contributed by atoms with E-state index in [2.05, 4.69) is 29.4 Å². The van der Waals surface area contributed by atoms with Crippen LogP contribution < -0.4 is 4.40 Å². The summed E-state index contributed by atoms with van der Waals surface area (Å²) in [7, 11) is 0. The van der Waals surface area contributed by atoms with E-state index < -0.39 is 13.3 Å². The molecule has 0 aromatic heterocycles. The monoisotopic (exact) mass is 230 g/mol. The standard InChI is InChI=1S/C9H13ClGe/c1-11(2,3)9-6-4-5-8(10)7-9/h4-7H,1-3H3. The Hall–Kier alpha value is 0.0529. The van der Waals surface area contributed by atoms with Gasteiger partial charge in [-0.25, -0.2) is 0 Å². The van der Waals surface area contributed by atoms with Crippen molar-refractivity contribution < 1.29 is 0 Å². The van der Waals surface area contributed by atoms with Gasteiger partial charge in [0.05, 0.1) is 0 Å². The van der Waals surface area contributed by atoms with E-state index in [0.717, 1.165) is 5.02 Å². The van der Waals surface area contributed by atoms with Gasteiger partial charge >= 0.3 is 75.8 Å². The predicted molar refractivity (Wildman–Crippen MR) is 54.4 cm³/mol. The van der Waals surface area contributed by atoms with Crippen LogP contribution in [0.1, 0.15) is 0 Å². The quantitative estimate of drug-likeness (QED) is 0.649. The number of rotatable bonds is 1. The van der Waals surface area contributed by atoms with Crippen LogP contribution in [-0.4, -0.2) is 13.3 Å². The van der Waals surface area contributed by atoms with E-state index >= 15 is 0 Å². The third kappa shape index (κ3) is 2.53. The van der Waals surface area contributed by atoms with Crippen LogP contribution in [-0.2, 0) is 0 Å². The molecular formula is C9H13ClGe. The molecule has 1 rings (SSSR count). The summed E-state index contributed by atoms with van der Waals surface area (Å²) in [6.45, 7) is 0. The van der Waals surface area contributed by atoms with Gasteiger partial charge in [-0.1, -0.05) is 0 Å². The fourth-order valence-corrected chi connectivity index (χ4v) is 3.82. The summed E-state index contributed by atoms with van der Waals surface area (Å²) in [5.41, 5.74) is 0. The number of hydrogen-bond donors (Lipinski definition) is 0. The van der Waals surface area contributed by atoms with Crippen molar-refractivity contribution in [2.24, 2.45) is 0 Å². The molecule has 0 unspecified atom stereocenters. The average Bonchev–Trinajstić information content (AvgIpc) is 1.86. The number of hydrogen-bond acceptors (Lipinski definition) is 0. The van der Waals surface area contributed by atoms with E-state index in [1.54, 1.807) is 0 Å². The van der Waals surface area contributed by atoms with Crippen LogP contribution in [0.25, 0.3) is 0 Å². The molecule has 0 spiro atoms. The van der Waals surface area contributed by atoms with Crippen molar-refractivity contribution in [2.75, 3.05) is 0 Å². The maximum atomic E-state index is 5.88. The van der Waals surface area contributed by atoms with E-state index in [4.69, 9.17) is 11.6 Å². The molecule has 0 N–H and O–H groups in total. The summed E-state index contributed by atoms with van der Waals surface area (Å²) in [5, 5.41) is 0.864. The molecule has 0 bridgehead atoms. The van der Waals surface area contributed by atoms with Crippen molar-refractivity contribution in [3.63, 3.8) is 0 Å². The Morgan fingerprint density at radius 3 is 2.18 bits per heavy atom. The molecule has 1 aromatic rings. The zero-order valence-corrected chi connectivity index (χ0v) is 10.0. The third-order valence-corrected chi connectivity index (χ3v) is 6.21. The predicted octanol–water partition coefficient (Wildman–Crippen LogP) is 2.89. The van der Waals surface area contributed by atoms with Crippen LogP contribution in [0.3, 0.4) is 0 Å². The van der Waals surface area contributed by atoms with Crippen molar-refractivity contribution >= 4 is 29.3 Å². The fraction of sp³-hybridized carbons (Fsp3) is 0.333. The first-order valence-corrected chi connectivity index (χ1v) is 11.5. The number of halogens is 1. The van der Waals surface area contributed by atoms with Gasteiger partial charge in [-0.15, -0.1) is 0 Å². The fourth-order valence-electron chi connectivity index (χ4n) is 0.955. The van der Waals surface area contributed by atoms with Gasteiger partial charge in [-0.05, 0) is 0 Å². The summed E-state index contributed by atoms with van der Waals surface area (Å²) >= 11 is 4.26. The SMILES string of the molecule is [CH3][Ge]([CH3])([CH3])[c]1cccc(Cl)c1. The topological polar surface area (TPSA) is 0 Å². The van der Waals surface area contributed by atoms with Gasteiger partial charge in [0.25, 0.3) is 0 Å². The Morgan fingerprint density at radius 2 is 1.82 bits per heavy atom. The molecule has 0 heterocycles. The van der Waals surface area contributed by atoms with Gasteiger partial charge in [0, 0.05) is 0 Å². The van der Waals surface area contributed by atoms with E-state index in [1.807, 2.05) is 12.1 Å². The normalized spacial score (nSPS) is 11.6. The number of benzene rings is 1. The first kappa shape index (κ1) is 9.14. The van der Waals surface area contributed by atoms with Crippen molar-refractivity contribution in [1.82, 2.24) is 0 Å². The summed E-state index contributed by atoms with van der Waals surface area (Å²) in [6, 6.07) is 8.25. The molecule has 11 heavy (non-hydrogen) atoms. The summed E-state index contributed by atoms with van der Waals surface area (Å²) in [5.74, 6) is 7.10. The van der Waals surface area contributed by atoms with Crippen molar-refractivity contribution in [2.45, 2.75) is 17.3 Å². The molecule has 0 aliphatic rings. The van der Waals surface area contributed by atoms with E-state index in [0.29, 0.717) is 0 Å². The van der Waals surface area contributed by atoms with Gasteiger partial charge < -0.3 is 0 Å². The Labute approximate surface area is 75.9 Å². The summed E-state index contributed by atoms with van der Waals surface area (Å²) < 4.78 is 1.47. The molecule has 0 fully saturated rings. The van der Waals surface area contributed by atoms with E-state index in [-0.39, 0.29) is 0 Å². The van der Waals surface area contributed by atoms with Crippen molar-refractivity contribution in [1.29, 1.82) is 0 Å². The van der Waals surface area contributed by atoms with Crippen LogP contribution in [0.2, 0.25) is 22.3 Å². The van der Waals surface area contributed by atoms with Crippen molar-refractivity contribution in [3.05, 3.63) is 29.3 Å². The van der Waals surface area contributed by atoms with Crippen LogP contribution in [0.5, 0.6) is 0 Å². The molecule has 2 heteroatoms. The van der Waals surface area contributed by atoms with Crippen LogP contribution in [0.4, 0.5) is 0 Å². The second kappa shape index (κ2) is 3.20. The second-order valence-corrected chi connectivity index (χ2v) is 14.8. The van der Waals surface area contributed by atoms with Gasteiger partial charge in [-0.2, -0.15) is 0 Å². The van der Waals surface area contributed by atoms with Gasteiger partial charge in [-0.3, -0.25) is 0 Å². The molecule has 0 aliphatic heterocycles. The third-order valence-electron chi connectivity index (χ3n) is 1.69. The molecular weight excluding hydrogens is 216 g/mol. The first-order chi connectivity index (χ1) is 5.00. The average molecular weight is 229 g/mol. The zero-order chi connectivity index (χ0) is 8.48. The Kier molecular flexibility index (Phi) is 2.66. The molecule has 0 saturated heterocycles. The zero-order valence-electron chi connectivity index (χ0n) is 7.19. The molecule has 0 nitrogen and oxygen atoms in total. The van der Waals surface area contributed by atoms with Crippen LogP contribution in [0, 0.1) is 0 Å². The minimum atomic E-state index is -1.62. The van der Waals surface area contributed by atoms with E-state index in [1.165, 1.54) is 4.40 Å².